The van der Waals surface area contributed by atoms with Crippen LogP contribution in [0, 0.1) is 18.7 Å². The third-order valence-corrected chi connectivity index (χ3v) is 11.8. The second-order valence-corrected chi connectivity index (χ2v) is 15.1. The fourth-order valence-corrected chi connectivity index (χ4v) is 8.61. The molecule has 2 aliphatic heterocycles. The number of nitrogens with zero attached hydrogens (tertiary/aromatic N) is 4. The minimum Gasteiger partial charge on any atom is -0.493 e. The summed E-state index contributed by atoms with van der Waals surface area (Å²) in [6, 6.07) is 13.3. The lowest BCUT2D eigenvalue weighted by Gasteiger charge is -2.45. The first-order valence-electron chi connectivity index (χ1n) is 17.6. The number of carboxylic acid groups (broad SMARTS) is 1. The predicted octanol–water partition coefficient (Wildman–Crippen LogP) is 7.49. The monoisotopic (exact) mass is 748 g/mol. The molecule has 3 aromatic carbocycles. The fourth-order valence-electron chi connectivity index (χ4n) is 8.08. The number of halogens is 3. The minimum atomic E-state index is -0.822. The van der Waals surface area contributed by atoms with Crippen LogP contribution in [0.25, 0.3) is 11.1 Å². The maximum Gasteiger partial charge on any atom is 0.307 e. The van der Waals surface area contributed by atoms with Crippen molar-refractivity contribution in [2.75, 3.05) is 44.4 Å². The topological polar surface area (TPSA) is 112 Å². The van der Waals surface area contributed by atoms with E-state index in [4.69, 9.17) is 27.9 Å². The number of aliphatic carboxylic acids is 1. The lowest BCUT2D eigenvalue weighted by Crippen LogP contribution is -2.43. The van der Waals surface area contributed by atoms with Crippen LogP contribution in [-0.2, 0) is 36.9 Å². The average Bonchev–Trinajstić information content (AvgIpc) is 3.70. The molecule has 0 bridgehead atoms. The Labute approximate surface area is 312 Å². The number of carbonyl (C=O) groups is 2. The van der Waals surface area contributed by atoms with Crippen molar-refractivity contribution in [3.63, 3.8) is 0 Å². The zero-order chi connectivity index (χ0) is 36.9. The zero-order valence-electron chi connectivity index (χ0n) is 29.8. The van der Waals surface area contributed by atoms with E-state index in [9.17, 15) is 14.7 Å². The Bertz CT molecular complexity index is 2060. The highest BCUT2D eigenvalue weighted by molar-refractivity contribution is 6.36. The number of hydrogen-bond donors (Lipinski definition) is 3. The molecule has 3 aliphatic rings. The number of benzene rings is 3. The van der Waals surface area contributed by atoms with Crippen molar-refractivity contribution in [3.8, 4) is 16.9 Å². The van der Waals surface area contributed by atoms with Gasteiger partial charge in [-0.2, -0.15) is 0 Å². The zero-order valence-corrected chi connectivity index (χ0v) is 31.3. The number of anilines is 2. The standard InChI is InChI=1S/C39H43Cl2FN6O4/c1-22-25(26-9-6-11-29(32(26)41)44-37(49)36-43-30-21-46(2)16-13-31(30)47(36)3)8-5-10-27(22)39(14-7-15-39)45-34-28(40)18-24(35(52-4)33(34)42)20-48-17-12-23(19-48)38(50)51/h5-6,8-11,18,23,45H,7,12-17,19-21H2,1-4H3,(H,44,49)(H,50,51). The van der Waals surface area contributed by atoms with Crippen LogP contribution in [-0.4, -0.2) is 70.1 Å². The predicted molar refractivity (Wildman–Crippen MR) is 201 cm³/mol. The van der Waals surface area contributed by atoms with Crippen molar-refractivity contribution in [3.05, 3.63) is 92.2 Å². The van der Waals surface area contributed by atoms with Crippen molar-refractivity contribution in [1.82, 2.24) is 19.4 Å². The van der Waals surface area contributed by atoms with E-state index in [-0.39, 0.29) is 22.4 Å². The van der Waals surface area contributed by atoms with Gasteiger partial charge in [0.1, 0.15) is 0 Å². The lowest BCUT2D eigenvalue weighted by atomic mass is 9.69. The van der Waals surface area contributed by atoms with Gasteiger partial charge in [-0.25, -0.2) is 9.37 Å². The number of rotatable bonds is 10. The Morgan fingerprint density at radius 2 is 1.87 bits per heavy atom. The molecule has 0 spiro atoms. The summed E-state index contributed by atoms with van der Waals surface area (Å²) >= 11 is 13.9. The van der Waals surface area contributed by atoms with Crippen LogP contribution in [0.3, 0.4) is 0 Å². The largest absolute Gasteiger partial charge is 0.493 e. The fraction of sp³-hybridized carbons (Fsp3) is 0.410. The smallest absolute Gasteiger partial charge is 0.307 e. The Hall–Kier alpha value is -4.16. The molecule has 1 aliphatic carbocycles. The molecule has 274 valence electrons. The van der Waals surface area contributed by atoms with Gasteiger partial charge in [-0.3, -0.25) is 14.5 Å². The minimum absolute atomic E-state index is 0.0920. The van der Waals surface area contributed by atoms with Crippen molar-refractivity contribution < 1.29 is 23.8 Å². The molecule has 7 rings (SSSR count). The van der Waals surface area contributed by atoms with E-state index in [0.717, 1.165) is 65.9 Å². The van der Waals surface area contributed by atoms with Crippen LogP contribution in [0.1, 0.15) is 64.4 Å². The molecule has 1 aromatic heterocycles. The van der Waals surface area contributed by atoms with Gasteiger partial charge in [-0.15, -0.1) is 0 Å². The van der Waals surface area contributed by atoms with Crippen LogP contribution in [0.5, 0.6) is 5.75 Å². The SMILES string of the molecule is COc1c(CN2CCC(C(=O)O)C2)cc(Cl)c(NC2(c3cccc(-c4cccc(NC(=O)c5nc6c(n5C)CCN(C)C6)c4Cl)c3C)CCC2)c1F. The summed E-state index contributed by atoms with van der Waals surface area (Å²) in [6.07, 6.45) is 3.84. The molecule has 4 aromatic rings. The van der Waals surface area contributed by atoms with Gasteiger partial charge in [0.2, 0.25) is 0 Å². The number of imidazole rings is 1. The van der Waals surface area contributed by atoms with Gasteiger partial charge in [0.05, 0.1) is 45.7 Å². The summed E-state index contributed by atoms with van der Waals surface area (Å²) in [4.78, 5) is 33.8. The summed E-state index contributed by atoms with van der Waals surface area (Å²) in [5.74, 6) is -1.74. The molecule has 2 fully saturated rings. The number of carbonyl (C=O) groups excluding carboxylic acids is 1. The molecule has 3 N–H and O–H groups in total. The Kier molecular flexibility index (Phi) is 9.99. The third kappa shape index (κ3) is 6.53. The summed E-state index contributed by atoms with van der Waals surface area (Å²) in [6.45, 7) is 4.96. The van der Waals surface area contributed by atoms with Gasteiger partial charge in [0.15, 0.2) is 17.4 Å². The maximum absolute atomic E-state index is 16.3. The molecule has 52 heavy (non-hydrogen) atoms. The van der Waals surface area contributed by atoms with Crippen LogP contribution in [0.15, 0.2) is 42.5 Å². The summed E-state index contributed by atoms with van der Waals surface area (Å²) < 4.78 is 23.8. The molecule has 0 radical (unpaired) electrons. The molecule has 1 amide bonds. The average molecular weight is 750 g/mol. The van der Waals surface area contributed by atoms with Crippen molar-refractivity contribution in [2.45, 2.75) is 57.7 Å². The van der Waals surface area contributed by atoms with Crippen LogP contribution in [0.4, 0.5) is 15.8 Å². The number of fused-ring (bicyclic) bond motifs is 1. The number of methoxy groups -OCH3 is 1. The molecular formula is C39H43Cl2FN6O4. The third-order valence-electron chi connectivity index (χ3n) is 11.1. The molecule has 13 heteroatoms. The van der Waals surface area contributed by atoms with Crippen LogP contribution in [0.2, 0.25) is 10.0 Å². The molecule has 10 nitrogen and oxygen atoms in total. The number of likely N-dealkylation sites (tertiary alicyclic amines) is 1. The summed E-state index contributed by atoms with van der Waals surface area (Å²) in [5.41, 5.74) is 6.25. The van der Waals surface area contributed by atoms with Gasteiger partial charge < -0.3 is 29.9 Å². The molecule has 1 atom stereocenters. The second-order valence-electron chi connectivity index (χ2n) is 14.3. The van der Waals surface area contributed by atoms with Gasteiger partial charge in [0, 0.05) is 56.5 Å². The van der Waals surface area contributed by atoms with Gasteiger partial charge >= 0.3 is 5.97 Å². The number of hydrogen-bond acceptors (Lipinski definition) is 7. The highest BCUT2D eigenvalue weighted by atomic mass is 35.5. The van der Waals surface area contributed by atoms with E-state index in [1.807, 2.05) is 54.8 Å². The van der Waals surface area contributed by atoms with Crippen LogP contribution < -0.4 is 15.4 Å². The highest BCUT2D eigenvalue weighted by Gasteiger charge is 2.42. The first-order valence-corrected chi connectivity index (χ1v) is 18.4. The van der Waals surface area contributed by atoms with Crippen molar-refractivity contribution in [2.24, 2.45) is 13.0 Å². The van der Waals surface area contributed by atoms with E-state index in [1.165, 1.54) is 7.11 Å². The van der Waals surface area contributed by atoms with Crippen molar-refractivity contribution in [1.29, 1.82) is 0 Å². The normalized spacial score (nSPS) is 18.5. The van der Waals surface area contributed by atoms with Gasteiger partial charge in [-0.05, 0) is 75.0 Å². The van der Waals surface area contributed by atoms with E-state index in [1.54, 1.807) is 12.1 Å². The number of carboxylic acids is 1. The molecule has 3 heterocycles. The van der Waals surface area contributed by atoms with Gasteiger partial charge in [-0.1, -0.05) is 53.5 Å². The van der Waals surface area contributed by atoms with E-state index >= 15 is 4.39 Å². The molecular weight excluding hydrogens is 706 g/mol. The van der Waals surface area contributed by atoms with E-state index in [0.29, 0.717) is 54.7 Å². The summed E-state index contributed by atoms with van der Waals surface area (Å²) in [5, 5.41) is 16.6. The van der Waals surface area contributed by atoms with Crippen molar-refractivity contribution >= 4 is 46.5 Å². The van der Waals surface area contributed by atoms with E-state index < -0.39 is 23.2 Å². The number of aromatic nitrogens is 2. The molecule has 1 saturated heterocycles. The van der Waals surface area contributed by atoms with Gasteiger partial charge in [0.25, 0.3) is 5.91 Å². The highest BCUT2D eigenvalue weighted by Crippen LogP contribution is 2.50. The number of ether oxygens (including phenoxy) is 1. The first-order chi connectivity index (χ1) is 24.9. The maximum atomic E-state index is 16.3. The number of likely N-dealkylation sites (N-methyl/N-ethyl adjacent to an activating group) is 1. The molecule has 1 saturated carbocycles. The quantitative estimate of drug-likeness (QED) is 0.153. The van der Waals surface area contributed by atoms with E-state index in [2.05, 4.69) is 26.6 Å². The lowest BCUT2D eigenvalue weighted by molar-refractivity contribution is -0.141. The Morgan fingerprint density at radius 3 is 2.56 bits per heavy atom. The number of amides is 1. The van der Waals surface area contributed by atoms with Crippen LogP contribution >= 0.6 is 23.2 Å². The molecule has 1 unspecified atom stereocenters. The Balaban J connectivity index is 1.16. The first kappa shape index (κ1) is 36.2. The second kappa shape index (κ2) is 14.3. The Morgan fingerprint density at radius 1 is 1.12 bits per heavy atom. The summed E-state index contributed by atoms with van der Waals surface area (Å²) in [7, 11) is 5.35. The number of nitrogens with one attached hydrogen (secondary N) is 2.